The van der Waals surface area contributed by atoms with Crippen LogP contribution in [0.3, 0.4) is 0 Å². The highest BCUT2D eigenvalue weighted by Gasteiger charge is 2.28. The molecule has 2 aliphatic rings. The van der Waals surface area contributed by atoms with Crippen LogP contribution in [-0.4, -0.2) is 80.9 Å². The second-order valence-corrected chi connectivity index (χ2v) is 9.60. The monoisotopic (exact) mass is 409 g/mol. The minimum Gasteiger partial charge on any atom is -0.484 e. The number of sulfonamides is 1. The summed E-state index contributed by atoms with van der Waals surface area (Å²) in [6.45, 7) is 9.63. The summed E-state index contributed by atoms with van der Waals surface area (Å²) in [4.78, 5) is 16.7. The third-order valence-corrected chi connectivity index (χ3v) is 7.65. The van der Waals surface area contributed by atoms with Gasteiger partial charge in [0.2, 0.25) is 10.0 Å². The number of benzene rings is 1. The molecule has 1 aromatic rings. The number of carbonyl (C=O) groups is 1. The fraction of sp³-hybridized carbons (Fsp3) is 0.650. The molecule has 0 spiro atoms. The molecule has 156 valence electrons. The van der Waals surface area contributed by atoms with Crippen LogP contribution in [0.2, 0.25) is 0 Å². The van der Waals surface area contributed by atoms with Gasteiger partial charge in [-0.05, 0) is 49.6 Å². The average Bonchev–Trinajstić information content (AvgIpc) is 2.72. The van der Waals surface area contributed by atoms with Gasteiger partial charge in [0.15, 0.2) is 6.61 Å². The lowest BCUT2D eigenvalue weighted by Gasteiger charge is -2.33. The van der Waals surface area contributed by atoms with Gasteiger partial charge in [0, 0.05) is 39.3 Å². The number of hydrogen-bond donors (Lipinski definition) is 0. The molecule has 1 amide bonds. The molecule has 0 aromatic heterocycles. The third kappa shape index (κ3) is 5.04. The normalized spacial score (nSPS) is 20.3. The van der Waals surface area contributed by atoms with E-state index < -0.39 is 10.0 Å². The van der Waals surface area contributed by atoms with Crippen molar-refractivity contribution in [2.45, 2.75) is 31.6 Å². The number of piperazine rings is 1. The fourth-order valence-electron chi connectivity index (χ4n) is 3.63. The first kappa shape index (κ1) is 21.1. The van der Waals surface area contributed by atoms with Crippen LogP contribution in [-0.2, 0) is 14.8 Å². The number of nitrogens with zero attached hydrogens (tertiary/aromatic N) is 3. The summed E-state index contributed by atoms with van der Waals surface area (Å²) in [5.74, 6) is 1.05. The zero-order valence-corrected chi connectivity index (χ0v) is 17.7. The van der Waals surface area contributed by atoms with Gasteiger partial charge in [-0.15, -0.1) is 0 Å². The third-order valence-electron chi connectivity index (χ3n) is 5.74. The maximum absolute atomic E-state index is 12.7. The molecule has 2 aliphatic heterocycles. The van der Waals surface area contributed by atoms with Crippen molar-refractivity contribution in [2.24, 2.45) is 5.92 Å². The maximum atomic E-state index is 12.7. The predicted molar refractivity (Wildman–Crippen MR) is 108 cm³/mol. The Morgan fingerprint density at radius 3 is 2.21 bits per heavy atom. The minimum absolute atomic E-state index is 0.0256. The average molecular weight is 410 g/mol. The van der Waals surface area contributed by atoms with E-state index in [0.29, 0.717) is 24.8 Å². The zero-order chi connectivity index (χ0) is 20.1. The van der Waals surface area contributed by atoms with E-state index in [4.69, 9.17) is 4.74 Å². The lowest BCUT2D eigenvalue weighted by atomic mass is 10.0. The summed E-state index contributed by atoms with van der Waals surface area (Å²) < 4.78 is 32.6. The Kier molecular flexibility index (Phi) is 6.95. The van der Waals surface area contributed by atoms with E-state index in [9.17, 15) is 13.2 Å². The molecular formula is C20H31N3O4S. The molecule has 2 fully saturated rings. The van der Waals surface area contributed by atoms with Crippen molar-refractivity contribution < 1.29 is 17.9 Å². The number of ether oxygens (including phenoxy) is 1. The van der Waals surface area contributed by atoms with Gasteiger partial charge in [0.1, 0.15) is 5.75 Å². The molecule has 0 N–H and O–H groups in total. The second-order valence-electron chi connectivity index (χ2n) is 7.66. The summed E-state index contributed by atoms with van der Waals surface area (Å²) in [6, 6.07) is 6.38. The number of carbonyl (C=O) groups excluding carboxylic acids is 1. The van der Waals surface area contributed by atoms with Gasteiger partial charge in [0.05, 0.1) is 4.90 Å². The highest BCUT2D eigenvalue weighted by molar-refractivity contribution is 7.89. The first-order valence-electron chi connectivity index (χ1n) is 10.1. The van der Waals surface area contributed by atoms with E-state index in [1.165, 1.54) is 0 Å². The highest BCUT2D eigenvalue weighted by Crippen LogP contribution is 2.24. The van der Waals surface area contributed by atoms with Crippen LogP contribution in [0.5, 0.6) is 5.75 Å². The van der Waals surface area contributed by atoms with Crippen LogP contribution in [0.1, 0.15) is 26.7 Å². The summed E-state index contributed by atoms with van der Waals surface area (Å²) in [6.07, 6.45) is 1.80. The molecule has 0 bridgehead atoms. The number of likely N-dealkylation sites (N-methyl/N-ethyl adjacent to an activating group) is 1. The van der Waals surface area contributed by atoms with Gasteiger partial charge < -0.3 is 14.5 Å². The van der Waals surface area contributed by atoms with Crippen molar-refractivity contribution >= 4 is 15.9 Å². The van der Waals surface area contributed by atoms with Crippen LogP contribution in [0.4, 0.5) is 0 Å². The van der Waals surface area contributed by atoms with Crippen molar-refractivity contribution in [3.63, 3.8) is 0 Å². The van der Waals surface area contributed by atoms with Gasteiger partial charge >= 0.3 is 0 Å². The molecule has 28 heavy (non-hydrogen) atoms. The van der Waals surface area contributed by atoms with Crippen LogP contribution in [0.15, 0.2) is 29.2 Å². The van der Waals surface area contributed by atoms with Gasteiger partial charge in [-0.2, -0.15) is 4.31 Å². The van der Waals surface area contributed by atoms with Gasteiger partial charge in [-0.25, -0.2) is 8.42 Å². The van der Waals surface area contributed by atoms with E-state index in [2.05, 4.69) is 18.7 Å². The molecule has 2 heterocycles. The largest absolute Gasteiger partial charge is 0.484 e. The van der Waals surface area contributed by atoms with E-state index in [0.717, 1.165) is 45.6 Å². The number of piperidine rings is 1. The highest BCUT2D eigenvalue weighted by atomic mass is 32.2. The SMILES string of the molecule is CCN1CCN(C(=O)COc2ccc(S(=O)(=O)N3CCC(C)CC3)cc2)CC1. The lowest BCUT2D eigenvalue weighted by Crippen LogP contribution is -2.49. The van der Waals surface area contributed by atoms with E-state index in [1.807, 2.05) is 4.90 Å². The fourth-order valence-corrected chi connectivity index (χ4v) is 5.10. The van der Waals surface area contributed by atoms with Crippen molar-refractivity contribution in [1.82, 2.24) is 14.1 Å². The lowest BCUT2D eigenvalue weighted by molar-refractivity contribution is -0.135. The molecule has 3 rings (SSSR count). The molecule has 0 aliphatic carbocycles. The topological polar surface area (TPSA) is 70.2 Å². The molecule has 7 nitrogen and oxygen atoms in total. The van der Waals surface area contributed by atoms with Gasteiger partial charge in [0.25, 0.3) is 5.91 Å². The number of rotatable bonds is 6. The Labute approximate surface area is 168 Å². The summed E-state index contributed by atoms with van der Waals surface area (Å²) in [5.41, 5.74) is 0. The van der Waals surface area contributed by atoms with Crippen molar-refractivity contribution in [1.29, 1.82) is 0 Å². The van der Waals surface area contributed by atoms with Crippen LogP contribution in [0, 0.1) is 5.92 Å². The predicted octanol–water partition coefficient (Wildman–Crippen LogP) is 1.65. The smallest absolute Gasteiger partial charge is 0.260 e. The Hall–Kier alpha value is -1.64. The minimum atomic E-state index is -3.46. The Balaban J connectivity index is 1.52. The molecule has 1 aromatic carbocycles. The Morgan fingerprint density at radius 2 is 1.64 bits per heavy atom. The molecule has 0 atom stereocenters. The first-order chi connectivity index (χ1) is 13.4. The molecule has 0 radical (unpaired) electrons. The van der Waals surface area contributed by atoms with Crippen molar-refractivity contribution in [3.8, 4) is 5.75 Å². The van der Waals surface area contributed by atoms with Crippen molar-refractivity contribution in [2.75, 3.05) is 52.4 Å². The number of hydrogen-bond acceptors (Lipinski definition) is 5. The van der Waals surface area contributed by atoms with Crippen LogP contribution < -0.4 is 4.74 Å². The Bertz CT molecular complexity index is 750. The van der Waals surface area contributed by atoms with E-state index in [-0.39, 0.29) is 17.4 Å². The molecule has 0 saturated carbocycles. The Morgan fingerprint density at radius 1 is 1.04 bits per heavy atom. The molecule has 8 heteroatoms. The summed E-state index contributed by atoms with van der Waals surface area (Å²) in [5, 5.41) is 0. The van der Waals surface area contributed by atoms with Crippen LogP contribution in [0.25, 0.3) is 0 Å². The van der Waals surface area contributed by atoms with E-state index in [1.54, 1.807) is 28.6 Å². The second kappa shape index (κ2) is 9.24. The summed E-state index contributed by atoms with van der Waals surface area (Å²) >= 11 is 0. The van der Waals surface area contributed by atoms with Crippen LogP contribution >= 0.6 is 0 Å². The summed E-state index contributed by atoms with van der Waals surface area (Å²) in [7, 11) is -3.46. The maximum Gasteiger partial charge on any atom is 0.260 e. The molecule has 0 unspecified atom stereocenters. The quantitative estimate of drug-likeness (QED) is 0.715. The molecule has 2 saturated heterocycles. The zero-order valence-electron chi connectivity index (χ0n) is 16.8. The van der Waals surface area contributed by atoms with Crippen molar-refractivity contribution in [3.05, 3.63) is 24.3 Å². The van der Waals surface area contributed by atoms with E-state index >= 15 is 0 Å². The first-order valence-corrected chi connectivity index (χ1v) is 11.6. The number of amides is 1. The van der Waals surface area contributed by atoms with Gasteiger partial charge in [-0.3, -0.25) is 4.79 Å². The standard InChI is InChI=1S/C20H31N3O4S/c1-3-21-12-14-22(15-13-21)20(24)16-27-18-4-6-19(7-5-18)28(25,26)23-10-8-17(2)9-11-23/h4-7,17H,3,8-16H2,1-2H3. The van der Waals surface area contributed by atoms with Gasteiger partial charge in [-0.1, -0.05) is 13.8 Å². The molecular weight excluding hydrogens is 378 g/mol.